The van der Waals surface area contributed by atoms with Crippen LogP contribution in [0.3, 0.4) is 0 Å². The summed E-state index contributed by atoms with van der Waals surface area (Å²) in [5.41, 5.74) is 0. The summed E-state index contributed by atoms with van der Waals surface area (Å²) < 4.78 is 4.95. The van der Waals surface area contributed by atoms with Gasteiger partial charge in [-0.25, -0.2) is 0 Å². The Morgan fingerprint density at radius 2 is 2.33 bits per heavy atom. The summed E-state index contributed by atoms with van der Waals surface area (Å²) in [6.45, 7) is 4.29. The van der Waals surface area contributed by atoms with E-state index in [9.17, 15) is 9.59 Å². The summed E-state index contributed by atoms with van der Waals surface area (Å²) >= 11 is 0. The van der Waals surface area contributed by atoms with Gasteiger partial charge in [-0.3, -0.25) is 9.59 Å². The van der Waals surface area contributed by atoms with Crippen LogP contribution in [0.4, 0.5) is 0 Å². The molecule has 0 bridgehead atoms. The number of hydrogen-bond donors (Lipinski definition) is 2. The molecule has 0 aliphatic carbocycles. The third-order valence-corrected chi connectivity index (χ3v) is 3.58. The van der Waals surface area contributed by atoms with E-state index in [0.717, 1.165) is 13.1 Å². The molecule has 2 rings (SSSR count). The van der Waals surface area contributed by atoms with E-state index in [-0.39, 0.29) is 17.7 Å². The van der Waals surface area contributed by atoms with Crippen LogP contribution in [0.25, 0.3) is 0 Å². The lowest BCUT2D eigenvalue weighted by Crippen LogP contribution is -2.49. The van der Waals surface area contributed by atoms with Gasteiger partial charge in [-0.1, -0.05) is 0 Å². The lowest BCUT2D eigenvalue weighted by atomic mass is 10.0. The maximum Gasteiger partial charge on any atom is 0.225 e. The van der Waals surface area contributed by atoms with Gasteiger partial charge in [-0.05, 0) is 0 Å². The summed E-state index contributed by atoms with van der Waals surface area (Å²) in [6.07, 6.45) is 0.332. The molecule has 0 aromatic carbocycles. The molecule has 6 heteroatoms. The predicted octanol–water partition coefficient (Wildman–Crippen LogP) is -1.18. The van der Waals surface area contributed by atoms with Crippen LogP contribution in [0.1, 0.15) is 6.42 Å². The first-order valence-electron chi connectivity index (χ1n) is 6.46. The van der Waals surface area contributed by atoms with Gasteiger partial charge in [-0.15, -0.1) is 0 Å². The molecule has 2 fully saturated rings. The van der Waals surface area contributed by atoms with E-state index in [1.807, 2.05) is 0 Å². The SMILES string of the molecule is COCCN1CC(C(=O)NCC2CNC2)CC1=O. The van der Waals surface area contributed by atoms with Crippen LogP contribution in [-0.4, -0.2) is 63.2 Å². The molecular weight excluding hydrogens is 234 g/mol. The van der Waals surface area contributed by atoms with E-state index >= 15 is 0 Å². The summed E-state index contributed by atoms with van der Waals surface area (Å²) in [5.74, 6) is 0.422. The van der Waals surface area contributed by atoms with Crippen LogP contribution in [0, 0.1) is 11.8 Å². The Hall–Kier alpha value is -1.14. The average molecular weight is 255 g/mol. The summed E-state index contributed by atoms with van der Waals surface area (Å²) in [6, 6.07) is 0. The molecule has 0 spiro atoms. The maximum atomic E-state index is 11.9. The first-order chi connectivity index (χ1) is 8.70. The molecule has 2 aliphatic rings. The molecule has 0 saturated carbocycles. The van der Waals surface area contributed by atoms with E-state index in [0.29, 0.717) is 38.6 Å². The van der Waals surface area contributed by atoms with Crippen molar-refractivity contribution in [1.29, 1.82) is 0 Å². The minimum atomic E-state index is -0.192. The summed E-state index contributed by atoms with van der Waals surface area (Å²) in [4.78, 5) is 25.3. The second-order valence-electron chi connectivity index (χ2n) is 5.00. The number of hydrogen-bond acceptors (Lipinski definition) is 4. The number of carbonyl (C=O) groups excluding carboxylic acids is 2. The zero-order valence-corrected chi connectivity index (χ0v) is 10.8. The number of nitrogens with zero attached hydrogens (tertiary/aromatic N) is 1. The normalized spacial score (nSPS) is 24.2. The Morgan fingerprint density at radius 3 is 2.94 bits per heavy atom. The van der Waals surface area contributed by atoms with Gasteiger partial charge in [0.1, 0.15) is 0 Å². The van der Waals surface area contributed by atoms with E-state index in [1.165, 1.54) is 0 Å². The average Bonchev–Trinajstić information content (AvgIpc) is 2.66. The van der Waals surface area contributed by atoms with Crippen molar-refractivity contribution in [1.82, 2.24) is 15.5 Å². The van der Waals surface area contributed by atoms with Gasteiger partial charge in [0.2, 0.25) is 11.8 Å². The van der Waals surface area contributed by atoms with Gasteiger partial charge in [0.05, 0.1) is 12.5 Å². The summed E-state index contributed by atoms with van der Waals surface area (Å²) in [5, 5.41) is 6.10. The largest absolute Gasteiger partial charge is 0.383 e. The van der Waals surface area contributed by atoms with Crippen molar-refractivity contribution in [3.8, 4) is 0 Å². The number of ether oxygens (including phenoxy) is 1. The quantitative estimate of drug-likeness (QED) is 0.626. The highest BCUT2D eigenvalue weighted by Crippen LogP contribution is 2.17. The Balaban J connectivity index is 1.72. The fourth-order valence-corrected chi connectivity index (χ4v) is 2.25. The van der Waals surface area contributed by atoms with Crippen molar-refractivity contribution in [3.63, 3.8) is 0 Å². The lowest BCUT2D eigenvalue weighted by Gasteiger charge is -2.27. The van der Waals surface area contributed by atoms with Crippen molar-refractivity contribution in [2.45, 2.75) is 6.42 Å². The van der Waals surface area contributed by atoms with Crippen LogP contribution >= 0.6 is 0 Å². The first kappa shape index (κ1) is 13.3. The molecule has 1 atom stereocenters. The molecular formula is C12H21N3O3. The Labute approximate surface area is 107 Å². The predicted molar refractivity (Wildman–Crippen MR) is 65.9 cm³/mol. The van der Waals surface area contributed by atoms with E-state index < -0.39 is 0 Å². The zero-order chi connectivity index (χ0) is 13.0. The van der Waals surface area contributed by atoms with Gasteiger partial charge in [0.25, 0.3) is 0 Å². The molecule has 2 aliphatic heterocycles. The van der Waals surface area contributed by atoms with Gasteiger partial charge >= 0.3 is 0 Å². The number of methoxy groups -OCH3 is 1. The van der Waals surface area contributed by atoms with Crippen molar-refractivity contribution in [2.75, 3.05) is 46.4 Å². The third kappa shape index (κ3) is 3.20. The molecule has 0 aromatic rings. The molecule has 0 aromatic heterocycles. The summed E-state index contributed by atoms with van der Waals surface area (Å²) in [7, 11) is 1.61. The van der Waals surface area contributed by atoms with Crippen molar-refractivity contribution >= 4 is 11.8 Å². The molecule has 6 nitrogen and oxygen atoms in total. The van der Waals surface area contributed by atoms with E-state index in [4.69, 9.17) is 4.74 Å². The lowest BCUT2D eigenvalue weighted by molar-refractivity contribution is -0.129. The van der Waals surface area contributed by atoms with Gasteiger partial charge in [-0.2, -0.15) is 0 Å². The second kappa shape index (κ2) is 6.15. The fourth-order valence-electron chi connectivity index (χ4n) is 2.25. The second-order valence-corrected chi connectivity index (χ2v) is 5.00. The number of nitrogens with one attached hydrogen (secondary N) is 2. The Morgan fingerprint density at radius 1 is 1.56 bits per heavy atom. The maximum absolute atomic E-state index is 11.9. The van der Waals surface area contributed by atoms with Crippen LogP contribution in [-0.2, 0) is 14.3 Å². The van der Waals surface area contributed by atoms with Crippen molar-refractivity contribution < 1.29 is 14.3 Å². The minimum Gasteiger partial charge on any atom is -0.383 e. The molecule has 1 unspecified atom stereocenters. The minimum absolute atomic E-state index is 0.00941. The number of rotatable bonds is 6. The Kier molecular flexibility index (Phi) is 4.54. The van der Waals surface area contributed by atoms with Crippen LogP contribution in [0.2, 0.25) is 0 Å². The molecule has 2 N–H and O–H groups in total. The highest BCUT2D eigenvalue weighted by Gasteiger charge is 2.34. The smallest absolute Gasteiger partial charge is 0.225 e. The number of carbonyl (C=O) groups is 2. The van der Waals surface area contributed by atoms with E-state index in [1.54, 1.807) is 12.0 Å². The molecule has 0 radical (unpaired) electrons. The molecule has 2 saturated heterocycles. The molecule has 2 heterocycles. The van der Waals surface area contributed by atoms with Crippen LogP contribution < -0.4 is 10.6 Å². The van der Waals surface area contributed by atoms with Crippen molar-refractivity contribution in [2.24, 2.45) is 11.8 Å². The number of likely N-dealkylation sites (tertiary alicyclic amines) is 1. The van der Waals surface area contributed by atoms with Crippen molar-refractivity contribution in [3.05, 3.63) is 0 Å². The van der Waals surface area contributed by atoms with Crippen LogP contribution in [0.5, 0.6) is 0 Å². The highest BCUT2D eigenvalue weighted by molar-refractivity contribution is 5.89. The van der Waals surface area contributed by atoms with E-state index in [2.05, 4.69) is 10.6 Å². The molecule has 102 valence electrons. The fraction of sp³-hybridized carbons (Fsp3) is 0.833. The first-order valence-corrected chi connectivity index (χ1v) is 6.46. The van der Waals surface area contributed by atoms with Gasteiger partial charge in [0.15, 0.2) is 0 Å². The molecule has 18 heavy (non-hydrogen) atoms. The highest BCUT2D eigenvalue weighted by atomic mass is 16.5. The Bertz CT molecular complexity index is 318. The van der Waals surface area contributed by atoms with Gasteiger partial charge in [0, 0.05) is 52.2 Å². The third-order valence-electron chi connectivity index (χ3n) is 3.58. The zero-order valence-electron chi connectivity index (χ0n) is 10.8. The monoisotopic (exact) mass is 255 g/mol. The standard InChI is InChI=1S/C12H21N3O3/c1-18-3-2-15-8-10(4-11(15)16)12(17)14-7-9-5-13-6-9/h9-10,13H,2-8H2,1H3,(H,14,17). The molecule has 2 amide bonds. The topological polar surface area (TPSA) is 70.7 Å². The number of amides is 2. The van der Waals surface area contributed by atoms with Crippen LogP contribution in [0.15, 0.2) is 0 Å². The van der Waals surface area contributed by atoms with Gasteiger partial charge < -0.3 is 20.3 Å².